The van der Waals surface area contributed by atoms with Gasteiger partial charge in [0.25, 0.3) is 0 Å². The Morgan fingerprint density at radius 1 is 1.39 bits per heavy atom. The molecule has 2 heterocycles. The van der Waals surface area contributed by atoms with Gasteiger partial charge in [0.05, 0.1) is 24.1 Å². The normalized spacial score (nSPS) is 30.4. The van der Waals surface area contributed by atoms with Gasteiger partial charge < -0.3 is 14.4 Å². The first kappa shape index (κ1) is 11.3. The van der Waals surface area contributed by atoms with Crippen LogP contribution in [-0.4, -0.2) is 28.4 Å². The fourth-order valence-electron chi connectivity index (χ4n) is 2.76. The molecule has 3 rings (SSSR count). The molecule has 0 bridgehead atoms. The number of carbonyl (C=O) groups excluding carboxylic acids is 1. The van der Waals surface area contributed by atoms with Crippen LogP contribution in [0.2, 0.25) is 0 Å². The van der Waals surface area contributed by atoms with Gasteiger partial charge in [0, 0.05) is 6.54 Å². The van der Waals surface area contributed by atoms with E-state index >= 15 is 0 Å². The zero-order valence-corrected chi connectivity index (χ0v) is 9.91. The van der Waals surface area contributed by atoms with Crippen LogP contribution in [0.15, 0.2) is 22.8 Å². The van der Waals surface area contributed by atoms with Gasteiger partial charge in [-0.05, 0) is 31.4 Å². The molecule has 0 spiro atoms. The number of furan rings is 1. The van der Waals surface area contributed by atoms with Gasteiger partial charge in [-0.15, -0.1) is 0 Å². The van der Waals surface area contributed by atoms with Gasteiger partial charge in [-0.2, -0.15) is 0 Å². The summed E-state index contributed by atoms with van der Waals surface area (Å²) < 4.78 is 5.36. The molecule has 1 aromatic heterocycles. The maximum atomic E-state index is 12.2. The van der Waals surface area contributed by atoms with E-state index in [0.717, 1.165) is 18.6 Å². The minimum atomic E-state index is -0.859. The summed E-state index contributed by atoms with van der Waals surface area (Å²) in [5, 5.41) is 8.88. The summed E-state index contributed by atoms with van der Waals surface area (Å²) >= 11 is 0. The number of likely N-dealkylation sites (tertiary alicyclic amines) is 1. The van der Waals surface area contributed by atoms with Crippen LogP contribution in [-0.2, 0) is 9.59 Å². The summed E-state index contributed by atoms with van der Waals surface area (Å²) in [6, 6.07) is 3.67. The molecule has 5 heteroatoms. The third-order valence-corrected chi connectivity index (χ3v) is 3.83. The van der Waals surface area contributed by atoms with E-state index in [1.165, 1.54) is 0 Å². The van der Waals surface area contributed by atoms with Crippen LogP contribution in [0.5, 0.6) is 0 Å². The molecule has 2 aliphatic rings. The van der Waals surface area contributed by atoms with Crippen molar-refractivity contribution in [2.45, 2.75) is 25.3 Å². The first-order valence-corrected chi connectivity index (χ1v) is 6.25. The zero-order chi connectivity index (χ0) is 12.7. The van der Waals surface area contributed by atoms with Crippen LogP contribution in [0.4, 0.5) is 0 Å². The highest BCUT2D eigenvalue weighted by Crippen LogP contribution is 2.43. The minimum Gasteiger partial charge on any atom is -0.481 e. The molecule has 1 saturated carbocycles. The topological polar surface area (TPSA) is 70.8 Å². The molecular weight excluding hydrogens is 234 g/mol. The molecule has 3 unspecified atom stereocenters. The van der Waals surface area contributed by atoms with Crippen LogP contribution in [0.25, 0.3) is 0 Å². The second-order valence-electron chi connectivity index (χ2n) is 4.99. The molecule has 1 saturated heterocycles. The van der Waals surface area contributed by atoms with E-state index in [9.17, 15) is 9.59 Å². The first-order chi connectivity index (χ1) is 8.68. The van der Waals surface area contributed by atoms with Gasteiger partial charge in [-0.1, -0.05) is 0 Å². The van der Waals surface area contributed by atoms with Crippen molar-refractivity contribution in [2.75, 3.05) is 6.54 Å². The van der Waals surface area contributed by atoms with E-state index in [0.29, 0.717) is 13.0 Å². The van der Waals surface area contributed by atoms with Gasteiger partial charge in [0.15, 0.2) is 0 Å². The molecule has 0 radical (unpaired) electrons. The van der Waals surface area contributed by atoms with Crippen molar-refractivity contribution >= 4 is 11.9 Å². The molecule has 1 amide bonds. The summed E-state index contributed by atoms with van der Waals surface area (Å²) in [5.41, 5.74) is 0. The van der Waals surface area contributed by atoms with E-state index in [1.54, 1.807) is 11.2 Å². The molecule has 96 valence electrons. The van der Waals surface area contributed by atoms with E-state index < -0.39 is 11.9 Å². The van der Waals surface area contributed by atoms with Crippen LogP contribution in [0, 0.1) is 11.8 Å². The van der Waals surface area contributed by atoms with E-state index in [4.69, 9.17) is 9.52 Å². The summed E-state index contributed by atoms with van der Waals surface area (Å²) in [7, 11) is 0. The first-order valence-electron chi connectivity index (χ1n) is 6.25. The Morgan fingerprint density at radius 2 is 2.22 bits per heavy atom. The Balaban J connectivity index is 1.72. The third-order valence-electron chi connectivity index (χ3n) is 3.83. The number of carboxylic acids is 1. The lowest BCUT2D eigenvalue weighted by molar-refractivity contribution is -0.142. The van der Waals surface area contributed by atoms with Crippen LogP contribution in [0.1, 0.15) is 31.1 Å². The number of amides is 1. The van der Waals surface area contributed by atoms with Gasteiger partial charge in [0.1, 0.15) is 5.76 Å². The highest BCUT2D eigenvalue weighted by molar-refractivity contribution is 5.89. The highest BCUT2D eigenvalue weighted by Gasteiger charge is 2.51. The van der Waals surface area contributed by atoms with Gasteiger partial charge in [-0.3, -0.25) is 9.59 Å². The Hall–Kier alpha value is -1.78. The average molecular weight is 249 g/mol. The van der Waals surface area contributed by atoms with Crippen molar-refractivity contribution in [3.8, 4) is 0 Å². The largest absolute Gasteiger partial charge is 0.481 e. The molecule has 1 N–H and O–H groups in total. The number of nitrogens with zero attached hydrogens (tertiary/aromatic N) is 1. The zero-order valence-electron chi connectivity index (χ0n) is 9.91. The summed E-state index contributed by atoms with van der Waals surface area (Å²) in [6.07, 6.45) is 3.92. The molecule has 1 aromatic rings. The molecule has 0 aromatic carbocycles. The Kier molecular flexibility index (Phi) is 2.61. The molecule has 5 nitrogen and oxygen atoms in total. The summed E-state index contributed by atoms with van der Waals surface area (Å²) in [4.78, 5) is 24.8. The van der Waals surface area contributed by atoms with Gasteiger partial charge in [0.2, 0.25) is 5.91 Å². The quantitative estimate of drug-likeness (QED) is 0.884. The predicted molar refractivity (Wildman–Crippen MR) is 61.6 cm³/mol. The Labute approximate surface area is 104 Å². The van der Waals surface area contributed by atoms with Crippen molar-refractivity contribution in [1.82, 2.24) is 4.90 Å². The monoisotopic (exact) mass is 249 g/mol. The number of carboxylic acid groups (broad SMARTS) is 1. The lowest BCUT2D eigenvalue weighted by Crippen LogP contribution is -2.32. The molecule has 1 aliphatic heterocycles. The van der Waals surface area contributed by atoms with E-state index in [2.05, 4.69) is 0 Å². The number of hydrogen-bond donors (Lipinski definition) is 1. The number of hydrogen-bond acceptors (Lipinski definition) is 3. The van der Waals surface area contributed by atoms with Crippen molar-refractivity contribution in [3.05, 3.63) is 24.2 Å². The lowest BCUT2D eigenvalue weighted by atomic mass is 10.1. The maximum absolute atomic E-state index is 12.2. The fraction of sp³-hybridized carbons (Fsp3) is 0.538. The van der Waals surface area contributed by atoms with E-state index in [1.807, 2.05) is 12.1 Å². The number of carbonyl (C=O) groups is 2. The molecule has 1 aliphatic carbocycles. The maximum Gasteiger partial charge on any atom is 0.307 e. The SMILES string of the molecule is O=C(O)C1CC1C(=O)N1CCCC1c1ccco1. The molecule has 2 fully saturated rings. The lowest BCUT2D eigenvalue weighted by Gasteiger charge is -2.23. The smallest absolute Gasteiger partial charge is 0.307 e. The second-order valence-corrected chi connectivity index (χ2v) is 4.99. The fourth-order valence-corrected chi connectivity index (χ4v) is 2.76. The molecular formula is C13H15NO4. The Bertz CT molecular complexity index is 467. The molecule has 3 atom stereocenters. The Morgan fingerprint density at radius 3 is 2.83 bits per heavy atom. The highest BCUT2D eigenvalue weighted by atomic mass is 16.4. The third kappa shape index (κ3) is 1.79. The standard InChI is InChI=1S/C13H15NO4/c15-12(8-7-9(8)13(16)17)14-5-1-3-10(14)11-4-2-6-18-11/h2,4,6,8-10H,1,3,5,7H2,(H,16,17). The van der Waals surface area contributed by atoms with Crippen molar-refractivity contribution in [3.63, 3.8) is 0 Å². The van der Waals surface area contributed by atoms with Gasteiger partial charge >= 0.3 is 5.97 Å². The van der Waals surface area contributed by atoms with Crippen LogP contribution in [0.3, 0.4) is 0 Å². The van der Waals surface area contributed by atoms with Crippen LogP contribution < -0.4 is 0 Å². The predicted octanol–water partition coefficient (Wildman–Crippen LogP) is 1.66. The minimum absolute atomic E-state index is 0.0115. The van der Waals surface area contributed by atoms with E-state index in [-0.39, 0.29) is 17.9 Å². The summed E-state index contributed by atoms with van der Waals surface area (Å²) in [6.45, 7) is 0.701. The van der Waals surface area contributed by atoms with Crippen molar-refractivity contribution in [1.29, 1.82) is 0 Å². The van der Waals surface area contributed by atoms with Crippen molar-refractivity contribution < 1.29 is 19.1 Å². The average Bonchev–Trinajstić information content (AvgIpc) is 2.78. The number of rotatable bonds is 3. The van der Waals surface area contributed by atoms with Gasteiger partial charge in [-0.25, -0.2) is 0 Å². The van der Waals surface area contributed by atoms with Crippen LogP contribution >= 0.6 is 0 Å². The van der Waals surface area contributed by atoms with Crippen molar-refractivity contribution in [2.24, 2.45) is 11.8 Å². The second kappa shape index (κ2) is 4.15. The summed E-state index contributed by atoms with van der Waals surface area (Å²) in [5.74, 6) is -0.884. The molecule has 18 heavy (non-hydrogen) atoms. The number of aliphatic carboxylic acids is 1.